The Labute approximate surface area is 338 Å². The first-order chi connectivity index (χ1) is 28.8. The van der Waals surface area contributed by atoms with Crippen molar-refractivity contribution in [3.8, 4) is 39.1 Å². The van der Waals surface area contributed by atoms with Crippen molar-refractivity contribution in [3.05, 3.63) is 231 Å². The molecule has 0 aliphatic carbocycles. The fourth-order valence-corrected chi connectivity index (χ4v) is 8.89. The van der Waals surface area contributed by atoms with Crippen LogP contribution in [0.15, 0.2) is 231 Å². The Hall–Kier alpha value is -7.68. The Balaban J connectivity index is 1.24. The molecule has 1 aromatic heterocycles. The van der Waals surface area contributed by atoms with Gasteiger partial charge >= 0.3 is 0 Å². The molecule has 0 saturated carbocycles. The predicted molar refractivity (Wildman–Crippen MR) is 247 cm³/mol. The van der Waals surface area contributed by atoms with E-state index in [2.05, 4.69) is 240 Å². The summed E-state index contributed by atoms with van der Waals surface area (Å²) in [6.07, 6.45) is 0. The number of nitrogens with zero attached hydrogens (tertiary/aromatic N) is 2. The summed E-state index contributed by atoms with van der Waals surface area (Å²) in [5.74, 6) is 0. The Morgan fingerprint density at radius 3 is 1.79 bits per heavy atom. The largest absolute Gasteiger partial charge is 0.310 e. The molecule has 0 atom stereocenters. The van der Waals surface area contributed by atoms with Gasteiger partial charge in [0, 0.05) is 33.4 Å². The molecular weight excluding hydrogens is 701 g/mol. The molecule has 1 heterocycles. The van der Waals surface area contributed by atoms with E-state index in [0.29, 0.717) is 0 Å². The highest BCUT2D eigenvalue weighted by atomic mass is 15.1. The van der Waals surface area contributed by atoms with Crippen LogP contribution in [0.1, 0.15) is 0 Å². The fraction of sp³-hybridized carbons (Fsp3) is 0. The first-order valence-electron chi connectivity index (χ1n) is 19.9. The average Bonchev–Trinajstić information content (AvgIpc) is 3.63. The molecule has 272 valence electrons. The number of hydrogen-bond acceptors (Lipinski definition) is 1. The van der Waals surface area contributed by atoms with E-state index >= 15 is 0 Å². The summed E-state index contributed by atoms with van der Waals surface area (Å²) >= 11 is 0. The van der Waals surface area contributed by atoms with E-state index in [0.717, 1.165) is 28.3 Å². The second kappa shape index (κ2) is 14.1. The summed E-state index contributed by atoms with van der Waals surface area (Å²) < 4.78 is 2.41. The lowest BCUT2D eigenvalue weighted by Gasteiger charge is -2.30. The number of para-hydroxylation sites is 2. The van der Waals surface area contributed by atoms with E-state index in [4.69, 9.17) is 0 Å². The van der Waals surface area contributed by atoms with Crippen LogP contribution in [0, 0.1) is 0 Å². The number of rotatable bonds is 7. The van der Waals surface area contributed by atoms with Gasteiger partial charge in [-0.2, -0.15) is 0 Å². The van der Waals surface area contributed by atoms with E-state index < -0.39 is 0 Å². The standard InChI is InChI=1S/C56H38N2/c1-3-16-39(17-4-1)43-22-13-25-46(37-43)57(47-34-35-51-50-27-11-12-30-53(50)58(55(51)38-47)45-23-5-2-6-24-45)54-31-15-28-49(44-33-32-40-18-7-8-20-42(40)36-44)56(54)52-29-14-21-41-19-9-10-26-48(41)52/h1-38H. The zero-order valence-electron chi connectivity index (χ0n) is 31.8. The lowest BCUT2D eigenvalue weighted by molar-refractivity contribution is 1.18. The molecule has 0 saturated heterocycles. The molecule has 0 fully saturated rings. The third kappa shape index (κ3) is 5.74. The van der Waals surface area contributed by atoms with Crippen molar-refractivity contribution < 1.29 is 0 Å². The van der Waals surface area contributed by atoms with Gasteiger partial charge in [0.1, 0.15) is 0 Å². The van der Waals surface area contributed by atoms with Gasteiger partial charge in [0.05, 0.1) is 16.7 Å². The van der Waals surface area contributed by atoms with Crippen molar-refractivity contribution >= 4 is 60.4 Å². The fourth-order valence-electron chi connectivity index (χ4n) is 8.89. The van der Waals surface area contributed by atoms with Crippen molar-refractivity contribution in [2.45, 2.75) is 0 Å². The van der Waals surface area contributed by atoms with Crippen LogP contribution >= 0.6 is 0 Å². The normalized spacial score (nSPS) is 11.4. The first kappa shape index (κ1) is 33.6. The number of anilines is 3. The van der Waals surface area contributed by atoms with Gasteiger partial charge in [-0.3, -0.25) is 0 Å². The quantitative estimate of drug-likeness (QED) is 0.158. The summed E-state index contributed by atoms with van der Waals surface area (Å²) in [5, 5.41) is 7.35. The molecule has 0 radical (unpaired) electrons. The topological polar surface area (TPSA) is 8.17 Å². The van der Waals surface area contributed by atoms with E-state index in [9.17, 15) is 0 Å². The summed E-state index contributed by atoms with van der Waals surface area (Å²) in [7, 11) is 0. The second-order valence-corrected chi connectivity index (χ2v) is 14.9. The van der Waals surface area contributed by atoms with Crippen molar-refractivity contribution in [1.82, 2.24) is 4.57 Å². The van der Waals surface area contributed by atoms with Crippen LogP contribution in [0.25, 0.3) is 82.4 Å². The van der Waals surface area contributed by atoms with E-state index in [1.807, 2.05) is 0 Å². The molecule has 0 amide bonds. The van der Waals surface area contributed by atoms with Gasteiger partial charge in [-0.15, -0.1) is 0 Å². The van der Waals surface area contributed by atoms with E-state index in [-0.39, 0.29) is 0 Å². The Kier molecular flexibility index (Phi) is 8.19. The second-order valence-electron chi connectivity index (χ2n) is 14.9. The third-order valence-corrected chi connectivity index (χ3v) is 11.5. The zero-order valence-corrected chi connectivity index (χ0v) is 31.8. The Morgan fingerprint density at radius 2 is 0.931 bits per heavy atom. The maximum atomic E-state index is 2.47. The molecule has 11 aromatic rings. The highest BCUT2D eigenvalue weighted by Crippen LogP contribution is 2.48. The van der Waals surface area contributed by atoms with Gasteiger partial charge in [0.2, 0.25) is 0 Å². The summed E-state index contributed by atoms with van der Waals surface area (Å²) in [6, 6.07) is 83.9. The molecule has 10 aromatic carbocycles. The Morgan fingerprint density at radius 1 is 0.310 bits per heavy atom. The van der Waals surface area contributed by atoms with Gasteiger partial charge in [0.25, 0.3) is 0 Å². The molecule has 0 bridgehead atoms. The molecule has 11 rings (SSSR count). The van der Waals surface area contributed by atoms with Crippen LogP contribution in [0.2, 0.25) is 0 Å². The highest BCUT2D eigenvalue weighted by Gasteiger charge is 2.24. The van der Waals surface area contributed by atoms with Crippen LogP contribution < -0.4 is 4.90 Å². The molecule has 0 N–H and O–H groups in total. The first-order valence-corrected chi connectivity index (χ1v) is 19.9. The summed E-state index contributed by atoms with van der Waals surface area (Å²) in [5.41, 5.74) is 13.8. The Bertz CT molecular complexity index is 3280. The van der Waals surface area contributed by atoms with Crippen molar-refractivity contribution in [2.24, 2.45) is 0 Å². The molecule has 0 unspecified atom stereocenters. The van der Waals surface area contributed by atoms with Gasteiger partial charge in [0.15, 0.2) is 0 Å². The van der Waals surface area contributed by atoms with Gasteiger partial charge in [-0.05, 0) is 104 Å². The van der Waals surface area contributed by atoms with Gasteiger partial charge in [-0.1, -0.05) is 176 Å². The van der Waals surface area contributed by atoms with Crippen LogP contribution in [0.3, 0.4) is 0 Å². The predicted octanol–water partition coefficient (Wildman–Crippen LogP) is 15.6. The minimum atomic E-state index is 1.08. The molecule has 2 nitrogen and oxygen atoms in total. The van der Waals surface area contributed by atoms with Crippen molar-refractivity contribution in [2.75, 3.05) is 4.90 Å². The van der Waals surface area contributed by atoms with Gasteiger partial charge in [-0.25, -0.2) is 0 Å². The number of hydrogen-bond donors (Lipinski definition) is 0. The van der Waals surface area contributed by atoms with Crippen LogP contribution in [-0.2, 0) is 0 Å². The van der Waals surface area contributed by atoms with E-state index in [1.165, 1.54) is 71.2 Å². The molecular formula is C56H38N2. The van der Waals surface area contributed by atoms with Crippen molar-refractivity contribution in [3.63, 3.8) is 0 Å². The van der Waals surface area contributed by atoms with E-state index in [1.54, 1.807) is 0 Å². The molecule has 0 aliphatic heterocycles. The maximum absolute atomic E-state index is 2.47. The lowest BCUT2D eigenvalue weighted by Crippen LogP contribution is -2.12. The molecule has 2 heteroatoms. The number of fused-ring (bicyclic) bond motifs is 5. The third-order valence-electron chi connectivity index (χ3n) is 11.5. The van der Waals surface area contributed by atoms with Crippen LogP contribution in [0.4, 0.5) is 17.1 Å². The minimum absolute atomic E-state index is 1.08. The summed E-state index contributed by atoms with van der Waals surface area (Å²) in [4.78, 5) is 2.47. The average molecular weight is 739 g/mol. The molecule has 0 spiro atoms. The maximum Gasteiger partial charge on any atom is 0.0561 e. The van der Waals surface area contributed by atoms with Crippen molar-refractivity contribution in [1.29, 1.82) is 0 Å². The summed E-state index contributed by atoms with van der Waals surface area (Å²) in [6.45, 7) is 0. The zero-order chi connectivity index (χ0) is 38.4. The van der Waals surface area contributed by atoms with Crippen LogP contribution in [0.5, 0.6) is 0 Å². The lowest BCUT2D eigenvalue weighted by atomic mass is 9.88. The molecule has 0 aliphatic rings. The minimum Gasteiger partial charge on any atom is -0.310 e. The number of aromatic nitrogens is 1. The SMILES string of the molecule is c1ccc(-c2cccc(N(c3ccc4c5ccccc5n(-c5ccccc5)c4c3)c3cccc(-c4ccc5ccccc5c4)c3-c3cccc4ccccc34)c2)cc1. The van der Waals surface area contributed by atoms with Crippen LogP contribution in [-0.4, -0.2) is 4.57 Å². The number of benzene rings is 10. The highest BCUT2D eigenvalue weighted by molar-refractivity contribution is 6.11. The monoisotopic (exact) mass is 738 g/mol. The van der Waals surface area contributed by atoms with Gasteiger partial charge < -0.3 is 9.47 Å². The smallest absolute Gasteiger partial charge is 0.0561 e. The molecule has 58 heavy (non-hydrogen) atoms.